The number of aliphatic carboxylic acids is 1. The third-order valence-corrected chi connectivity index (χ3v) is 5.29. The molecule has 1 N–H and O–H groups in total. The molecule has 0 aliphatic carbocycles. The van der Waals surface area contributed by atoms with E-state index >= 15 is 0 Å². The second-order valence-corrected chi connectivity index (χ2v) is 6.50. The molecule has 2 aromatic carbocycles. The van der Waals surface area contributed by atoms with Crippen LogP contribution in [-0.2, 0) is 11.2 Å². The summed E-state index contributed by atoms with van der Waals surface area (Å²) in [4.78, 5) is 26.8. The zero-order valence-electron chi connectivity index (χ0n) is 14.6. The number of ether oxygens (including phenoxy) is 2. The summed E-state index contributed by atoms with van der Waals surface area (Å²) in [6, 6.07) is 10.1. The van der Waals surface area contributed by atoms with E-state index in [2.05, 4.69) is 0 Å². The van der Waals surface area contributed by atoms with Gasteiger partial charge in [-0.3, -0.25) is 9.59 Å². The molecule has 6 heteroatoms. The number of hydrogen-bond acceptors (Lipinski definition) is 4. The average molecular weight is 353 g/mol. The molecular weight excluding hydrogens is 334 g/mol. The number of amides is 1. The number of benzene rings is 2. The van der Waals surface area contributed by atoms with Gasteiger partial charge >= 0.3 is 5.97 Å². The van der Waals surface area contributed by atoms with Gasteiger partial charge in [-0.1, -0.05) is 18.2 Å². The predicted molar refractivity (Wildman–Crippen MR) is 93.8 cm³/mol. The molecule has 0 bridgehead atoms. The average Bonchev–Trinajstić information content (AvgIpc) is 2.66. The minimum absolute atomic E-state index is 0.122. The Morgan fingerprint density at radius 2 is 1.81 bits per heavy atom. The van der Waals surface area contributed by atoms with Crippen molar-refractivity contribution in [1.29, 1.82) is 0 Å². The Kier molecular flexibility index (Phi) is 3.83. The van der Waals surface area contributed by atoms with Crippen LogP contribution in [-0.4, -0.2) is 42.6 Å². The Morgan fingerprint density at radius 3 is 2.50 bits per heavy atom. The Bertz CT molecular complexity index is 907. The van der Waals surface area contributed by atoms with E-state index in [4.69, 9.17) is 9.47 Å². The number of fused-ring (bicyclic) bond motifs is 4. The lowest BCUT2D eigenvalue weighted by molar-refractivity contribution is -0.140. The maximum atomic E-state index is 13.0. The van der Waals surface area contributed by atoms with Gasteiger partial charge < -0.3 is 19.5 Å². The van der Waals surface area contributed by atoms with Crippen LogP contribution in [0.1, 0.15) is 39.0 Å². The van der Waals surface area contributed by atoms with Gasteiger partial charge in [-0.05, 0) is 41.3 Å². The summed E-state index contributed by atoms with van der Waals surface area (Å²) in [5.41, 5.74) is 2.83. The molecular formula is C20H19NO5. The molecule has 2 aliphatic rings. The van der Waals surface area contributed by atoms with Crippen molar-refractivity contribution >= 4 is 11.9 Å². The third-order valence-electron chi connectivity index (χ3n) is 5.29. The fourth-order valence-electron chi connectivity index (χ4n) is 4.12. The Balaban J connectivity index is 1.94. The molecule has 2 aliphatic heterocycles. The highest BCUT2D eigenvalue weighted by Gasteiger charge is 2.46. The molecule has 0 spiro atoms. The zero-order valence-corrected chi connectivity index (χ0v) is 14.6. The van der Waals surface area contributed by atoms with Gasteiger partial charge in [-0.25, -0.2) is 0 Å². The first kappa shape index (κ1) is 16.4. The Hall–Kier alpha value is -3.02. The molecule has 26 heavy (non-hydrogen) atoms. The van der Waals surface area contributed by atoms with Gasteiger partial charge in [0.25, 0.3) is 5.91 Å². The maximum Gasteiger partial charge on any atom is 0.313 e. The van der Waals surface area contributed by atoms with Crippen LogP contribution >= 0.6 is 0 Å². The third kappa shape index (κ3) is 2.25. The van der Waals surface area contributed by atoms with Crippen LogP contribution in [0.4, 0.5) is 0 Å². The first-order valence-electron chi connectivity index (χ1n) is 8.44. The van der Waals surface area contributed by atoms with Crippen molar-refractivity contribution in [3.05, 3.63) is 58.7 Å². The van der Waals surface area contributed by atoms with Crippen LogP contribution in [0.5, 0.6) is 11.5 Å². The van der Waals surface area contributed by atoms with E-state index in [-0.39, 0.29) is 5.91 Å². The Labute approximate surface area is 151 Å². The first-order valence-corrected chi connectivity index (χ1v) is 8.44. The number of nitrogens with zero attached hydrogens (tertiary/aromatic N) is 1. The molecule has 2 heterocycles. The molecule has 2 aromatic rings. The van der Waals surface area contributed by atoms with E-state index in [9.17, 15) is 14.7 Å². The van der Waals surface area contributed by atoms with Crippen molar-refractivity contribution in [2.75, 3.05) is 20.8 Å². The summed E-state index contributed by atoms with van der Waals surface area (Å²) in [7, 11) is 3.11. The molecule has 0 aromatic heterocycles. The van der Waals surface area contributed by atoms with Crippen LogP contribution in [0.15, 0.2) is 36.4 Å². The Morgan fingerprint density at radius 1 is 1.12 bits per heavy atom. The highest BCUT2D eigenvalue weighted by Crippen LogP contribution is 2.48. The van der Waals surface area contributed by atoms with E-state index in [1.165, 1.54) is 0 Å². The van der Waals surface area contributed by atoms with Crippen LogP contribution < -0.4 is 9.47 Å². The van der Waals surface area contributed by atoms with Crippen molar-refractivity contribution in [3.63, 3.8) is 0 Å². The van der Waals surface area contributed by atoms with Crippen LogP contribution in [0.25, 0.3) is 0 Å². The van der Waals surface area contributed by atoms with E-state index in [0.29, 0.717) is 35.6 Å². The molecule has 2 atom stereocenters. The predicted octanol–water partition coefficient (Wildman–Crippen LogP) is 2.63. The fourth-order valence-corrected chi connectivity index (χ4v) is 4.12. The number of carboxylic acid groups (broad SMARTS) is 1. The molecule has 0 radical (unpaired) electrons. The van der Waals surface area contributed by atoms with Gasteiger partial charge in [0.1, 0.15) is 5.92 Å². The molecule has 0 fully saturated rings. The molecule has 0 unspecified atom stereocenters. The summed E-state index contributed by atoms with van der Waals surface area (Å²) >= 11 is 0. The highest BCUT2D eigenvalue weighted by molar-refractivity contribution is 6.00. The largest absolute Gasteiger partial charge is 0.493 e. The lowest BCUT2D eigenvalue weighted by atomic mass is 9.76. The smallest absolute Gasteiger partial charge is 0.313 e. The molecule has 0 saturated carbocycles. The van der Waals surface area contributed by atoms with Crippen molar-refractivity contribution in [2.45, 2.75) is 18.4 Å². The number of carbonyl (C=O) groups excluding carboxylic acids is 1. The van der Waals surface area contributed by atoms with Gasteiger partial charge in [0.05, 0.1) is 20.3 Å². The quantitative estimate of drug-likeness (QED) is 0.918. The summed E-state index contributed by atoms with van der Waals surface area (Å²) in [6.45, 7) is 0.476. The molecule has 6 nitrogen and oxygen atoms in total. The number of carboxylic acids is 1. The van der Waals surface area contributed by atoms with E-state index in [0.717, 1.165) is 11.1 Å². The highest BCUT2D eigenvalue weighted by atomic mass is 16.5. The standard InChI is InChI=1S/C20H19NO5/c1-25-15-9-11-7-8-21-18(14(11)10-16(15)26-2)17(20(23)24)12-5-3-4-6-13(12)19(21)22/h3-6,9-10,17-18H,7-8H2,1-2H3,(H,23,24)/t17-,18-/m1/s1. The van der Waals surface area contributed by atoms with E-state index < -0.39 is 17.9 Å². The van der Waals surface area contributed by atoms with Crippen LogP contribution in [0.3, 0.4) is 0 Å². The number of rotatable bonds is 3. The summed E-state index contributed by atoms with van der Waals surface area (Å²) in [5.74, 6) is -0.746. The maximum absolute atomic E-state index is 13.0. The zero-order chi connectivity index (χ0) is 18.4. The summed E-state index contributed by atoms with van der Waals surface area (Å²) in [5, 5.41) is 9.97. The normalized spacial score (nSPS) is 20.7. The van der Waals surface area contributed by atoms with Crippen molar-refractivity contribution < 1.29 is 24.2 Å². The molecule has 1 amide bonds. The summed E-state index contributed by atoms with van der Waals surface area (Å²) in [6.07, 6.45) is 0.645. The van der Waals surface area contributed by atoms with Gasteiger partial charge in [0.2, 0.25) is 0 Å². The van der Waals surface area contributed by atoms with Crippen LogP contribution in [0, 0.1) is 0 Å². The number of hydrogen-bond donors (Lipinski definition) is 1. The van der Waals surface area contributed by atoms with Crippen molar-refractivity contribution in [1.82, 2.24) is 4.90 Å². The fraction of sp³-hybridized carbons (Fsp3) is 0.300. The monoisotopic (exact) mass is 353 g/mol. The number of carbonyl (C=O) groups is 2. The minimum atomic E-state index is -0.942. The van der Waals surface area contributed by atoms with Crippen molar-refractivity contribution in [2.24, 2.45) is 0 Å². The minimum Gasteiger partial charge on any atom is -0.493 e. The van der Waals surface area contributed by atoms with Gasteiger partial charge in [0.15, 0.2) is 11.5 Å². The topological polar surface area (TPSA) is 76.1 Å². The molecule has 0 saturated heterocycles. The van der Waals surface area contributed by atoms with Gasteiger partial charge in [-0.2, -0.15) is 0 Å². The lowest BCUT2D eigenvalue weighted by Gasteiger charge is -2.44. The van der Waals surface area contributed by atoms with Crippen molar-refractivity contribution in [3.8, 4) is 11.5 Å². The SMILES string of the molecule is COc1cc2c(cc1OC)[C@@H]1[C@H](C(=O)O)c3ccccc3C(=O)N1CC2. The second kappa shape index (κ2) is 6.05. The molecule has 134 valence electrons. The van der Waals surface area contributed by atoms with E-state index in [1.807, 2.05) is 12.1 Å². The van der Waals surface area contributed by atoms with Gasteiger partial charge in [0, 0.05) is 12.1 Å². The molecule has 4 rings (SSSR count). The van der Waals surface area contributed by atoms with E-state index in [1.54, 1.807) is 43.4 Å². The lowest BCUT2D eigenvalue weighted by Crippen LogP contribution is -2.48. The number of methoxy groups -OCH3 is 2. The first-order chi connectivity index (χ1) is 12.6. The second-order valence-electron chi connectivity index (χ2n) is 6.50. The van der Waals surface area contributed by atoms with Crippen LogP contribution in [0.2, 0.25) is 0 Å². The summed E-state index contributed by atoms with van der Waals surface area (Å²) < 4.78 is 10.8. The van der Waals surface area contributed by atoms with Gasteiger partial charge in [-0.15, -0.1) is 0 Å².